The molecule has 0 aromatic heterocycles. The molecule has 1 N–H and O–H groups in total. The van der Waals surface area contributed by atoms with Gasteiger partial charge in [0.05, 0.1) is 10.6 Å². The molecule has 0 spiro atoms. The van der Waals surface area contributed by atoms with Crippen LogP contribution in [0.3, 0.4) is 0 Å². The van der Waals surface area contributed by atoms with Crippen LogP contribution in [-0.2, 0) is 30.4 Å². The molecule has 1 aliphatic heterocycles. The second-order valence-corrected chi connectivity index (χ2v) is 10.7. The van der Waals surface area contributed by atoms with E-state index in [0.29, 0.717) is 24.3 Å². The van der Waals surface area contributed by atoms with Gasteiger partial charge >= 0.3 is 0 Å². The Kier molecular flexibility index (Phi) is 6.17. The summed E-state index contributed by atoms with van der Waals surface area (Å²) in [6.07, 6.45) is 1.70. The lowest BCUT2D eigenvalue weighted by molar-refractivity contribution is -0.113. The third-order valence-electron chi connectivity index (χ3n) is 4.42. The van der Waals surface area contributed by atoms with E-state index in [-0.39, 0.29) is 10.6 Å². The van der Waals surface area contributed by atoms with Crippen molar-refractivity contribution in [3.63, 3.8) is 0 Å². The van der Waals surface area contributed by atoms with Crippen LogP contribution in [0.5, 0.6) is 0 Å². The summed E-state index contributed by atoms with van der Waals surface area (Å²) in [5.41, 5.74) is 0.965. The van der Waals surface area contributed by atoms with Gasteiger partial charge in [0.25, 0.3) is 0 Å². The van der Waals surface area contributed by atoms with Crippen molar-refractivity contribution in [2.24, 2.45) is 0 Å². The van der Waals surface area contributed by atoms with Gasteiger partial charge in [-0.3, -0.25) is 4.79 Å². The van der Waals surface area contributed by atoms with Gasteiger partial charge in [0.15, 0.2) is 9.84 Å². The first-order valence-corrected chi connectivity index (χ1v) is 12.2. The minimum atomic E-state index is -3.61. The molecule has 0 atom stereocenters. The van der Waals surface area contributed by atoms with E-state index >= 15 is 0 Å². The first kappa shape index (κ1) is 20.5. The number of hydrogen-bond acceptors (Lipinski definition) is 5. The molecule has 3 rings (SSSR count). The minimum Gasteiger partial charge on any atom is -0.325 e. The fourth-order valence-corrected chi connectivity index (χ4v) is 5.85. The zero-order valence-electron chi connectivity index (χ0n) is 15.2. The van der Waals surface area contributed by atoms with Crippen LogP contribution in [0.15, 0.2) is 59.5 Å². The van der Waals surface area contributed by atoms with Gasteiger partial charge < -0.3 is 5.32 Å². The number of benzene rings is 2. The van der Waals surface area contributed by atoms with Crippen LogP contribution in [0.2, 0.25) is 0 Å². The lowest BCUT2D eigenvalue weighted by Crippen LogP contribution is -2.27. The van der Waals surface area contributed by atoms with Crippen LogP contribution < -0.4 is 5.32 Å². The van der Waals surface area contributed by atoms with Gasteiger partial charge in [-0.25, -0.2) is 16.8 Å². The predicted octanol–water partition coefficient (Wildman–Crippen LogP) is 2.02. The van der Waals surface area contributed by atoms with Gasteiger partial charge in [0, 0.05) is 18.8 Å². The van der Waals surface area contributed by atoms with E-state index in [1.54, 1.807) is 30.3 Å². The van der Waals surface area contributed by atoms with Crippen LogP contribution in [0.1, 0.15) is 18.4 Å². The van der Waals surface area contributed by atoms with Gasteiger partial charge in [0.2, 0.25) is 15.9 Å². The molecule has 2 aromatic carbocycles. The number of amides is 1. The lowest BCUT2D eigenvalue weighted by Gasteiger charge is -2.15. The van der Waals surface area contributed by atoms with Crippen molar-refractivity contribution in [1.82, 2.24) is 4.31 Å². The Balaban J connectivity index is 1.61. The molecule has 0 aliphatic carbocycles. The molecule has 1 heterocycles. The van der Waals surface area contributed by atoms with Gasteiger partial charge in [-0.05, 0) is 42.7 Å². The maximum atomic E-state index is 12.5. The van der Waals surface area contributed by atoms with Crippen LogP contribution in [-0.4, -0.2) is 45.9 Å². The second kappa shape index (κ2) is 8.42. The number of hydrogen-bond donors (Lipinski definition) is 1. The summed E-state index contributed by atoms with van der Waals surface area (Å²) in [7, 11) is -7.13. The molecule has 2 aromatic rings. The SMILES string of the molecule is O=C(CS(=O)(=O)Cc1ccccc1)Nc1ccc(S(=O)(=O)N2CCCC2)cc1. The molecule has 0 saturated carbocycles. The highest BCUT2D eigenvalue weighted by atomic mass is 32.2. The van der Waals surface area contributed by atoms with Crippen molar-refractivity contribution < 1.29 is 21.6 Å². The van der Waals surface area contributed by atoms with E-state index in [9.17, 15) is 21.6 Å². The maximum Gasteiger partial charge on any atom is 0.243 e. The number of carbonyl (C=O) groups excluding carboxylic acids is 1. The second-order valence-electron chi connectivity index (χ2n) is 6.70. The summed E-state index contributed by atoms with van der Waals surface area (Å²) in [5, 5.41) is 2.51. The largest absolute Gasteiger partial charge is 0.325 e. The normalized spacial score (nSPS) is 15.4. The number of sulfone groups is 1. The Labute approximate surface area is 165 Å². The third-order valence-corrected chi connectivity index (χ3v) is 7.81. The molecule has 9 heteroatoms. The van der Waals surface area contributed by atoms with Gasteiger partial charge in [-0.15, -0.1) is 0 Å². The van der Waals surface area contributed by atoms with Crippen molar-refractivity contribution in [3.8, 4) is 0 Å². The standard InChI is InChI=1S/C19H22N2O5S2/c22-19(15-27(23,24)14-16-6-2-1-3-7-16)20-17-8-10-18(11-9-17)28(25,26)21-12-4-5-13-21/h1-3,6-11H,4-5,12-15H2,(H,20,22). The Bertz CT molecular complexity index is 1030. The number of nitrogens with zero attached hydrogens (tertiary/aromatic N) is 1. The zero-order chi connectivity index (χ0) is 20.2. The Morgan fingerprint density at radius 3 is 2.11 bits per heavy atom. The quantitative estimate of drug-likeness (QED) is 0.736. The van der Waals surface area contributed by atoms with Crippen LogP contribution in [0.25, 0.3) is 0 Å². The van der Waals surface area contributed by atoms with Crippen LogP contribution in [0, 0.1) is 0 Å². The molecule has 28 heavy (non-hydrogen) atoms. The van der Waals surface area contributed by atoms with Gasteiger partial charge in [-0.2, -0.15) is 4.31 Å². The number of nitrogens with one attached hydrogen (secondary N) is 1. The van der Waals surface area contributed by atoms with E-state index in [1.165, 1.54) is 28.6 Å². The van der Waals surface area contributed by atoms with E-state index in [1.807, 2.05) is 0 Å². The van der Waals surface area contributed by atoms with E-state index in [2.05, 4.69) is 5.32 Å². The molecule has 150 valence electrons. The van der Waals surface area contributed by atoms with Crippen molar-refractivity contribution in [1.29, 1.82) is 0 Å². The van der Waals surface area contributed by atoms with E-state index in [4.69, 9.17) is 0 Å². The highest BCUT2D eigenvalue weighted by Crippen LogP contribution is 2.22. The lowest BCUT2D eigenvalue weighted by atomic mass is 10.2. The van der Waals surface area contributed by atoms with Crippen molar-refractivity contribution >= 4 is 31.5 Å². The summed E-state index contributed by atoms with van der Waals surface area (Å²) in [4.78, 5) is 12.2. The Morgan fingerprint density at radius 2 is 1.50 bits per heavy atom. The first-order chi connectivity index (χ1) is 13.3. The smallest absolute Gasteiger partial charge is 0.243 e. The maximum absolute atomic E-state index is 12.5. The molecule has 7 nitrogen and oxygen atoms in total. The fourth-order valence-electron chi connectivity index (χ4n) is 3.06. The molecule has 1 aliphatic rings. The molecular weight excluding hydrogens is 400 g/mol. The van der Waals surface area contributed by atoms with Crippen molar-refractivity contribution in [3.05, 3.63) is 60.2 Å². The molecular formula is C19H22N2O5S2. The van der Waals surface area contributed by atoms with E-state index < -0.39 is 31.5 Å². The molecule has 0 unspecified atom stereocenters. The predicted molar refractivity (Wildman–Crippen MR) is 107 cm³/mol. The van der Waals surface area contributed by atoms with Crippen LogP contribution >= 0.6 is 0 Å². The Hall–Kier alpha value is -2.23. The molecule has 1 amide bonds. The number of rotatable bonds is 7. The minimum absolute atomic E-state index is 0.157. The zero-order valence-corrected chi connectivity index (χ0v) is 16.9. The highest BCUT2D eigenvalue weighted by Gasteiger charge is 2.27. The van der Waals surface area contributed by atoms with E-state index in [0.717, 1.165) is 12.8 Å². The fraction of sp³-hybridized carbons (Fsp3) is 0.316. The van der Waals surface area contributed by atoms with Crippen molar-refractivity contribution in [2.75, 3.05) is 24.2 Å². The summed E-state index contributed by atoms with van der Waals surface area (Å²) in [6.45, 7) is 1.03. The van der Waals surface area contributed by atoms with Gasteiger partial charge in [0.1, 0.15) is 5.75 Å². The Morgan fingerprint density at radius 1 is 0.893 bits per heavy atom. The molecule has 1 fully saturated rings. The third kappa shape index (κ3) is 5.18. The number of carbonyl (C=O) groups is 1. The summed E-state index contributed by atoms with van der Waals surface area (Å²) in [6, 6.07) is 14.4. The highest BCUT2D eigenvalue weighted by molar-refractivity contribution is 7.91. The summed E-state index contributed by atoms with van der Waals surface area (Å²) >= 11 is 0. The number of sulfonamides is 1. The number of anilines is 1. The average Bonchev–Trinajstić information content (AvgIpc) is 3.17. The summed E-state index contributed by atoms with van der Waals surface area (Å²) < 4.78 is 50.8. The molecule has 1 saturated heterocycles. The topological polar surface area (TPSA) is 101 Å². The monoisotopic (exact) mass is 422 g/mol. The summed E-state index contributed by atoms with van der Waals surface area (Å²) in [5.74, 6) is -1.52. The van der Waals surface area contributed by atoms with Gasteiger partial charge in [-0.1, -0.05) is 30.3 Å². The molecule has 0 radical (unpaired) electrons. The van der Waals surface area contributed by atoms with Crippen molar-refractivity contribution in [2.45, 2.75) is 23.5 Å². The van der Waals surface area contributed by atoms with Crippen LogP contribution in [0.4, 0.5) is 5.69 Å². The first-order valence-electron chi connectivity index (χ1n) is 8.91. The molecule has 0 bridgehead atoms. The average molecular weight is 423 g/mol.